The predicted molar refractivity (Wildman–Crippen MR) is 119 cm³/mol. The topological polar surface area (TPSA) is 83.5 Å². The monoisotopic (exact) mass is 425 g/mol. The van der Waals surface area contributed by atoms with E-state index in [0.717, 1.165) is 28.9 Å². The number of hydrogen-bond donors (Lipinski definition) is 0. The van der Waals surface area contributed by atoms with Gasteiger partial charge in [0.05, 0.1) is 26.0 Å². The van der Waals surface area contributed by atoms with Gasteiger partial charge >= 0.3 is 0 Å². The first kappa shape index (κ1) is 18.6. The number of hydrogen-bond acceptors (Lipinski definition) is 6. The summed E-state index contributed by atoms with van der Waals surface area (Å²) < 4.78 is 14.7. The molecule has 0 aliphatic carbocycles. The van der Waals surface area contributed by atoms with Crippen LogP contribution in [0.25, 0.3) is 27.8 Å². The maximum absolute atomic E-state index is 13.2. The number of pyridine rings is 1. The van der Waals surface area contributed by atoms with Crippen LogP contribution in [0.2, 0.25) is 0 Å². The summed E-state index contributed by atoms with van der Waals surface area (Å²) in [6.07, 6.45) is 4.36. The van der Waals surface area contributed by atoms with Crippen LogP contribution in [0.3, 0.4) is 0 Å². The van der Waals surface area contributed by atoms with Gasteiger partial charge in [-0.1, -0.05) is 36.4 Å². The van der Waals surface area contributed by atoms with Crippen molar-refractivity contribution >= 4 is 16.7 Å². The van der Waals surface area contributed by atoms with E-state index in [9.17, 15) is 4.79 Å². The molecule has 1 aliphatic rings. The molecule has 0 bridgehead atoms. The molecule has 0 amide bonds. The minimum atomic E-state index is -0.222. The van der Waals surface area contributed by atoms with Crippen molar-refractivity contribution in [2.45, 2.75) is 13.0 Å². The fourth-order valence-electron chi connectivity index (χ4n) is 3.98. The molecule has 2 aromatic carbocycles. The largest absolute Gasteiger partial charge is 0.490 e. The van der Waals surface area contributed by atoms with Crippen LogP contribution in [-0.2, 0) is 6.54 Å². The molecule has 3 aromatic heterocycles. The van der Waals surface area contributed by atoms with Crippen LogP contribution >= 0.6 is 0 Å². The van der Waals surface area contributed by atoms with E-state index in [0.29, 0.717) is 36.7 Å². The van der Waals surface area contributed by atoms with E-state index in [1.165, 1.54) is 0 Å². The summed E-state index contributed by atoms with van der Waals surface area (Å²) in [4.78, 5) is 13.2. The van der Waals surface area contributed by atoms with Crippen molar-refractivity contribution in [2.24, 2.45) is 0 Å². The van der Waals surface area contributed by atoms with Gasteiger partial charge in [0.15, 0.2) is 22.7 Å². The molecule has 0 fully saturated rings. The Morgan fingerprint density at radius 2 is 1.78 bits per heavy atom. The molecule has 0 N–H and O–H groups in total. The molecule has 32 heavy (non-hydrogen) atoms. The average Bonchev–Trinajstić information content (AvgIpc) is 3.13. The zero-order valence-electron chi connectivity index (χ0n) is 17.1. The fraction of sp³-hybridized carbons (Fsp3) is 0.167. The Kier molecular flexibility index (Phi) is 4.34. The summed E-state index contributed by atoms with van der Waals surface area (Å²) in [6.45, 7) is 1.65. The van der Waals surface area contributed by atoms with Crippen LogP contribution < -0.4 is 15.0 Å². The first-order valence-electron chi connectivity index (χ1n) is 10.5. The van der Waals surface area contributed by atoms with Crippen LogP contribution in [0.4, 0.5) is 0 Å². The SMILES string of the molecule is O=c1c2nnc3c(-c4ccccc4)cnn3c2ccn1Cc1ccc2c(c1)OCCCO2. The first-order valence-corrected chi connectivity index (χ1v) is 10.5. The Labute approximate surface area is 182 Å². The lowest BCUT2D eigenvalue weighted by Crippen LogP contribution is -2.22. The number of aromatic nitrogens is 5. The minimum Gasteiger partial charge on any atom is -0.490 e. The molecule has 1 aliphatic heterocycles. The van der Waals surface area contributed by atoms with Crippen LogP contribution in [0, 0.1) is 0 Å². The van der Waals surface area contributed by atoms with E-state index in [4.69, 9.17) is 9.47 Å². The number of benzene rings is 2. The molecule has 5 aromatic rings. The number of rotatable bonds is 3. The molecule has 8 heteroatoms. The molecule has 8 nitrogen and oxygen atoms in total. The number of ether oxygens (including phenoxy) is 2. The quantitative estimate of drug-likeness (QED) is 0.441. The summed E-state index contributed by atoms with van der Waals surface area (Å²) in [6, 6.07) is 17.5. The maximum Gasteiger partial charge on any atom is 0.280 e. The van der Waals surface area contributed by atoms with Gasteiger partial charge in [-0.05, 0) is 29.3 Å². The summed E-state index contributed by atoms with van der Waals surface area (Å²) >= 11 is 0. The first-order chi connectivity index (χ1) is 15.8. The van der Waals surface area contributed by atoms with Crippen molar-refractivity contribution in [1.29, 1.82) is 0 Å². The predicted octanol–water partition coefficient (Wildman–Crippen LogP) is 3.32. The molecular weight excluding hydrogens is 406 g/mol. The summed E-state index contributed by atoms with van der Waals surface area (Å²) in [5.74, 6) is 1.44. The second-order valence-corrected chi connectivity index (χ2v) is 7.67. The van der Waals surface area contributed by atoms with Gasteiger partial charge in [0, 0.05) is 18.2 Å². The van der Waals surface area contributed by atoms with Gasteiger partial charge in [-0.25, -0.2) is 4.52 Å². The summed E-state index contributed by atoms with van der Waals surface area (Å²) in [5, 5.41) is 13.1. The van der Waals surface area contributed by atoms with Gasteiger partial charge in [-0.3, -0.25) is 4.79 Å². The third kappa shape index (κ3) is 3.08. The second kappa shape index (κ2) is 7.49. The molecular formula is C24H19N5O3. The third-order valence-corrected chi connectivity index (χ3v) is 5.58. The molecule has 0 unspecified atom stereocenters. The van der Waals surface area contributed by atoms with E-state index >= 15 is 0 Å². The van der Waals surface area contributed by atoms with Gasteiger partial charge < -0.3 is 14.0 Å². The molecule has 4 heterocycles. The Morgan fingerprint density at radius 3 is 2.66 bits per heavy atom. The highest BCUT2D eigenvalue weighted by Gasteiger charge is 2.15. The molecule has 0 spiro atoms. The second-order valence-electron chi connectivity index (χ2n) is 7.67. The lowest BCUT2D eigenvalue weighted by atomic mass is 10.1. The van der Waals surface area contributed by atoms with Crippen molar-refractivity contribution in [3.05, 3.63) is 82.9 Å². The summed E-state index contributed by atoms with van der Waals surface area (Å²) in [7, 11) is 0. The molecule has 158 valence electrons. The lowest BCUT2D eigenvalue weighted by molar-refractivity contribution is 0.297. The third-order valence-electron chi connectivity index (χ3n) is 5.58. The van der Waals surface area contributed by atoms with Crippen LogP contribution in [0.1, 0.15) is 12.0 Å². The number of nitrogens with zero attached hydrogens (tertiary/aromatic N) is 5. The van der Waals surface area contributed by atoms with E-state index in [2.05, 4.69) is 15.3 Å². The fourth-order valence-corrected chi connectivity index (χ4v) is 3.98. The van der Waals surface area contributed by atoms with Crippen LogP contribution in [0.15, 0.2) is 71.8 Å². The smallest absolute Gasteiger partial charge is 0.280 e. The van der Waals surface area contributed by atoms with Crippen LogP contribution in [0.5, 0.6) is 11.5 Å². The van der Waals surface area contributed by atoms with Crippen molar-refractivity contribution < 1.29 is 9.47 Å². The van der Waals surface area contributed by atoms with E-state index in [1.54, 1.807) is 21.5 Å². The molecule has 0 atom stereocenters. The Hall–Kier alpha value is -4.20. The molecule has 0 saturated heterocycles. The van der Waals surface area contributed by atoms with Crippen molar-refractivity contribution in [3.63, 3.8) is 0 Å². The van der Waals surface area contributed by atoms with Crippen LogP contribution in [-0.4, -0.2) is 37.6 Å². The Bertz CT molecular complexity index is 1510. The van der Waals surface area contributed by atoms with Crippen molar-refractivity contribution in [1.82, 2.24) is 24.4 Å². The molecule has 0 radical (unpaired) electrons. The van der Waals surface area contributed by atoms with E-state index < -0.39 is 0 Å². The standard InChI is InChI=1S/C24H19N5O3/c30-24-22-19(29-23(27-26-22)18(14-25-29)17-5-2-1-3-6-17)9-10-28(24)15-16-7-8-20-21(13-16)32-12-4-11-31-20/h1-3,5-10,13-14H,4,11-12,15H2. The molecule has 6 rings (SSSR count). The van der Waals surface area contributed by atoms with Gasteiger partial charge in [0.2, 0.25) is 0 Å². The number of fused-ring (bicyclic) bond motifs is 4. The van der Waals surface area contributed by atoms with Crippen molar-refractivity contribution in [3.8, 4) is 22.6 Å². The van der Waals surface area contributed by atoms with Gasteiger partial charge in [-0.2, -0.15) is 5.10 Å². The van der Waals surface area contributed by atoms with Gasteiger partial charge in [-0.15, -0.1) is 10.2 Å². The van der Waals surface area contributed by atoms with Crippen molar-refractivity contribution in [2.75, 3.05) is 13.2 Å². The average molecular weight is 425 g/mol. The summed E-state index contributed by atoms with van der Waals surface area (Å²) in [5.41, 5.74) is 4.10. The zero-order chi connectivity index (χ0) is 21.5. The Balaban J connectivity index is 1.40. The maximum atomic E-state index is 13.2. The van der Waals surface area contributed by atoms with E-state index in [1.807, 2.05) is 54.6 Å². The Morgan fingerprint density at radius 1 is 0.938 bits per heavy atom. The van der Waals surface area contributed by atoms with Gasteiger partial charge in [0.1, 0.15) is 5.52 Å². The molecule has 0 saturated carbocycles. The van der Waals surface area contributed by atoms with E-state index in [-0.39, 0.29) is 11.1 Å². The highest BCUT2D eigenvalue weighted by atomic mass is 16.5. The van der Waals surface area contributed by atoms with Gasteiger partial charge in [0.25, 0.3) is 5.56 Å². The zero-order valence-corrected chi connectivity index (χ0v) is 17.1. The lowest BCUT2D eigenvalue weighted by Gasteiger charge is -2.11. The normalized spacial score (nSPS) is 13.4. The minimum absolute atomic E-state index is 0.222. The highest BCUT2D eigenvalue weighted by Crippen LogP contribution is 2.30. The highest BCUT2D eigenvalue weighted by molar-refractivity contribution is 5.82.